The van der Waals surface area contributed by atoms with Crippen LogP contribution in [-0.4, -0.2) is 15.0 Å². The number of hydrazine groups is 1. The third kappa shape index (κ3) is 3.77. The van der Waals surface area contributed by atoms with E-state index in [2.05, 4.69) is 10.1 Å². The van der Waals surface area contributed by atoms with Gasteiger partial charge in [0.2, 0.25) is 10.0 Å². The van der Waals surface area contributed by atoms with Gasteiger partial charge in [-0.3, -0.25) is 5.84 Å². The van der Waals surface area contributed by atoms with Crippen LogP contribution < -0.4 is 16.0 Å². The molecule has 19 heavy (non-hydrogen) atoms. The van der Waals surface area contributed by atoms with E-state index in [1.54, 1.807) is 23.5 Å². The number of thiophene rings is 1. The Morgan fingerprint density at radius 2 is 1.89 bits per heavy atom. The minimum atomic E-state index is -3.45. The highest BCUT2D eigenvalue weighted by Crippen LogP contribution is 2.13. The van der Waals surface area contributed by atoms with Crippen LogP contribution in [0.5, 0.6) is 0 Å². The Morgan fingerprint density at radius 1 is 1.16 bits per heavy atom. The summed E-state index contributed by atoms with van der Waals surface area (Å²) in [5.41, 5.74) is 4.25. The van der Waals surface area contributed by atoms with Crippen LogP contribution in [0.4, 0.5) is 5.69 Å². The molecule has 1 aromatic carbocycles. The summed E-state index contributed by atoms with van der Waals surface area (Å²) >= 11 is 1.60. The minimum Gasteiger partial charge on any atom is -0.324 e. The van der Waals surface area contributed by atoms with E-state index in [9.17, 15) is 8.42 Å². The molecule has 0 bridgehead atoms. The first-order valence-electron chi connectivity index (χ1n) is 5.69. The van der Waals surface area contributed by atoms with Gasteiger partial charge in [0.25, 0.3) is 0 Å². The van der Waals surface area contributed by atoms with Crippen LogP contribution in [0.3, 0.4) is 0 Å². The van der Waals surface area contributed by atoms with Crippen LogP contribution in [0.25, 0.3) is 0 Å². The first-order chi connectivity index (χ1) is 9.12. The van der Waals surface area contributed by atoms with Crippen molar-refractivity contribution >= 4 is 27.0 Å². The Hall–Kier alpha value is -1.41. The number of nitrogens with one attached hydrogen (secondary N) is 2. The zero-order valence-electron chi connectivity index (χ0n) is 10.2. The van der Waals surface area contributed by atoms with Crippen molar-refractivity contribution in [2.24, 2.45) is 5.84 Å². The molecule has 5 nitrogen and oxygen atoms in total. The molecule has 1 heterocycles. The fourth-order valence-corrected chi connectivity index (χ4v) is 3.31. The third-order valence-electron chi connectivity index (χ3n) is 2.62. The van der Waals surface area contributed by atoms with E-state index >= 15 is 0 Å². The van der Waals surface area contributed by atoms with Gasteiger partial charge in [0.1, 0.15) is 0 Å². The topological polar surface area (TPSA) is 84.2 Å². The molecule has 0 amide bonds. The molecule has 0 unspecified atom stereocenters. The fraction of sp³-hybridized carbons (Fsp3) is 0.167. The summed E-state index contributed by atoms with van der Waals surface area (Å²) in [6.45, 7) is 0.385. The molecule has 0 aliphatic heterocycles. The monoisotopic (exact) mass is 297 g/mol. The molecule has 0 saturated heterocycles. The summed E-state index contributed by atoms with van der Waals surface area (Å²) in [4.78, 5) is 0.233. The first kappa shape index (κ1) is 14.0. The lowest BCUT2D eigenvalue weighted by Crippen LogP contribution is -2.25. The summed E-state index contributed by atoms with van der Waals surface area (Å²) in [7, 11) is -3.45. The summed E-state index contributed by atoms with van der Waals surface area (Å²) in [6.07, 6.45) is 0.686. The van der Waals surface area contributed by atoms with Gasteiger partial charge in [-0.15, -0.1) is 0 Å². The molecule has 1 aromatic heterocycles. The highest BCUT2D eigenvalue weighted by Gasteiger charge is 2.12. The molecule has 0 spiro atoms. The maximum Gasteiger partial charge on any atom is 0.240 e. The molecule has 7 heteroatoms. The Bertz CT molecular complexity index is 607. The van der Waals surface area contributed by atoms with Crippen LogP contribution in [0.1, 0.15) is 5.56 Å². The molecule has 2 rings (SSSR count). The van der Waals surface area contributed by atoms with E-state index in [0.717, 1.165) is 5.56 Å². The lowest BCUT2D eigenvalue weighted by atomic mass is 10.2. The number of nitrogen functional groups attached to an aromatic ring is 1. The number of hydrogen-bond donors (Lipinski definition) is 3. The highest BCUT2D eigenvalue weighted by molar-refractivity contribution is 7.89. The van der Waals surface area contributed by atoms with E-state index in [-0.39, 0.29) is 4.90 Å². The fourth-order valence-electron chi connectivity index (χ4n) is 1.58. The first-order valence-corrected chi connectivity index (χ1v) is 8.12. The number of hydrogen-bond acceptors (Lipinski definition) is 5. The van der Waals surface area contributed by atoms with Crippen LogP contribution in [-0.2, 0) is 16.4 Å². The van der Waals surface area contributed by atoms with Crippen molar-refractivity contribution in [2.45, 2.75) is 11.3 Å². The number of benzene rings is 1. The van der Waals surface area contributed by atoms with Crippen LogP contribution >= 0.6 is 11.3 Å². The van der Waals surface area contributed by atoms with Crippen LogP contribution in [0, 0.1) is 0 Å². The van der Waals surface area contributed by atoms with E-state index in [1.165, 1.54) is 12.1 Å². The molecule has 102 valence electrons. The lowest BCUT2D eigenvalue weighted by Gasteiger charge is -2.07. The molecular weight excluding hydrogens is 282 g/mol. The molecule has 2 aromatic rings. The molecule has 0 aliphatic rings. The van der Waals surface area contributed by atoms with Gasteiger partial charge in [-0.2, -0.15) is 11.3 Å². The SMILES string of the molecule is NNc1ccc(S(=O)(=O)NCCc2ccsc2)cc1. The summed E-state index contributed by atoms with van der Waals surface area (Å²) in [6, 6.07) is 8.26. The molecule has 4 N–H and O–H groups in total. The number of rotatable bonds is 6. The van der Waals surface area contributed by atoms with Gasteiger partial charge in [0, 0.05) is 12.2 Å². The molecule has 0 radical (unpaired) electrons. The number of nitrogens with two attached hydrogens (primary N) is 1. The van der Waals surface area contributed by atoms with Crippen LogP contribution in [0.2, 0.25) is 0 Å². The summed E-state index contributed by atoms with van der Waals surface area (Å²) in [5, 5.41) is 3.98. The average molecular weight is 297 g/mol. The van der Waals surface area contributed by atoms with E-state index < -0.39 is 10.0 Å². The standard InChI is InChI=1S/C12H15N3O2S2/c13-15-11-1-3-12(4-2-11)19(16,17)14-7-5-10-6-8-18-9-10/h1-4,6,8-9,14-15H,5,7,13H2. The van der Waals surface area contributed by atoms with Gasteiger partial charge in [-0.1, -0.05) is 0 Å². The second-order valence-electron chi connectivity index (χ2n) is 3.95. The number of sulfonamides is 1. The van der Waals surface area contributed by atoms with Gasteiger partial charge in [0.05, 0.1) is 4.90 Å². The zero-order chi connectivity index (χ0) is 13.7. The average Bonchev–Trinajstić information content (AvgIpc) is 2.92. The molecule has 0 aliphatic carbocycles. The smallest absolute Gasteiger partial charge is 0.240 e. The molecular formula is C12H15N3O2S2. The van der Waals surface area contributed by atoms with Crippen molar-refractivity contribution in [1.82, 2.24) is 4.72 Å². The van der Waals surface area contributed by atoms with Crippen molar-refractivity contribution in [2.75, 3.05) is 12.0 Å². The van der Waals surface area contributed by atoms with Gasteiger partial charge >= 0.3 is 0 Å². The Labute approximate surface area is 116 Å². The zero-order valence-corrected chi connectivity index (χ0v) is 11.8. The molecule has 0 atom stereocenters. The predicted molar refractivity (Wildman–Crippen MR) is 77.5 cm³/mol. The third-order valence-corrected chi connectivity index (χ3v) is 4.83. The second-order valence-corrected chi connectivity index (χ2v) is 6.50. The maximum atomic E-state index is 12.0. The van der Waals surface area contributed by atoms with Crippen molar-refractivity contribution in [3.63, 3.8) is 0 Å². The van der Waals surface area contributed by atoms with Crippen molar-refractivity contribution in [3.8, 4) is 0 Å². The Balaban J connectivity index is 1.97. The van der Waals surface area contributed by atoms with Gasteiger partial charge in [-0.25, -0.2) is 13.1 Å². The Morgan fingerprint density at radius 3 is 2.47 bits per heavy atom. The van der Waals surface area contributed by atoms with Crippen molar-refractivity contribution in [3.05, 3.63) is 46.7 Å². The Kier molecular flexibility index (Phi) is 4.54. The van der Waals surface area contributed by atoms with E-state index in [0.29, 0.717) is 18.7 Å². The van der Waals surface area contributed by atoms with E-state index in [4.69, 9.17) is 5.84 Å². The van der Waals surface area contributed by atoms with Crippen molar-refractivity contribution < 1.29 is 8.42 Å². The van der Waals surface area contributed by atoms with Crippen molar-refractivity contribution in [1.29, 1.82) is 0 Å². The minimum absolute atomic E-state index is 0.233. The molecule has 0 saturated carbocycles. The normalized spacial score (nSPS) is 11.4. The largest absolute Gasteiger partial charge is 0.324 e. The molecule has 0 fully saturated rings. The van der Waals surface area contributed by atoms with Gasteiger partial charge in [-0.05, 0) is 53.1 Å². The maximum absolute atomic E-state index is 12.0. The summed E-state index contributed by atoms with van der Waals surface area (Å²) in [5.74, 6) is 5.23. The number of anilines is 1. The van der Waals surface area contributed by atoms with Crippen LogP contribution in [0.15, 0.2) is 46.0 Å². The second kappa shape index (κ2) is 6.16. The predicted octanol–water partition coefficient (Wildman–Crippen LogP) is 1.55. The lowest BCUT2D eigenvalue weighted by molar-refractivity contribution is 0.581. The van der Waals surface area contributed by atoms with E-state index in [1.807, 2.05) is 16.8 Å². The quantitative estimate of drug-likeness (QED) is 0.558. The van der Waals surface area contributed by atoms with Gasteiger partial charge in [0.15, 0.2) is 0 Å². The van der Waals surface area contributed by atoms with Gasteiger partial charge < -0.3 is 5.43 Å². The highest BCUT2D eigenvalue weighted by atomic mass is 32.2. The summed E-state index contributed by atoms with van der Waals surface area (Å²) < 4.78 is 26.6.